The Morgan fingerprint density at radius 1 is 1.11 bits per heavy atom. The lowest BCUT2D eigenvalue weighted by Crippen LogP contribution is -2.45. The van der Waals surface area contributed by atoms with Gasteiger partial charge in [0.1, 0.15) is 11.8 Å². The lowest BCUT2D eigenvalue weighted by Gasteiger charge is -2.32. The summed E-state index contributed by atoms with van der Waals surface area (Å²) in [6.45, 7) is 3.56. The predicted octanol–water partition coefficient (Wildman–Crippen LogP) is 3.15. The zero-order valence-corrected chi connectivity index (χ0v) is 16.1. The number of nitriles is 1. The molecule has 1 amide bonds. The van der Waals surface area contributed by atoms with Crippen molar-refractivity contribution in [3.63, 3.8) is 0 Å². The Hall–Kier alpha value is -2.84. The molecule has 1 aliphatic heterocycles. The summed E-state index contributed by atoms with van der Waals surface area (Å²) in [6, 6.07) is 19.6. The summed E-state index contributed by atoms with van der Waals surface area (Å²) in [6.07, 6.45) is 3.34. The summed E-state index contributed by atoms with van der Waals surface area (Å²) in [5.41, 5.74) is 1.63. The molecule has 1 fully saturated rings. The van der Waals surface area contributed by atoms with Crippen molar-refractivity contribution in [1.82, 2.24) is 10.2 Å². The fourth-order valence-electron chi connectivity index (χ4n) is 3.52. The molecule has 1 N–H and O–H groups in total. The summed E-state index contributed by atoms with van der Waals surface area (Å²) in [4.78, 5) is 14.6. The van der Waals surface area contributed by atoms with Gasteiger partial charge in [0.25, 0.3) is 0 Å². The van der Waals surface area contributed by atoms with Gasteiger partial charge in [-0.05, 0) is 37.0 Å². The first-order valence-corrected chi connectivity index (χ1v) is 9.92. The number of piperidine rings is 1. The Balaban J connectivity index is 1.31. The Morgan fingerprint density at radius 2 is 1.82 bits per heavy atom. The summed E-state index contributed by atoms with van der Waals surface area (Å²) < 4.78 is 5.74. The van der Waals surface area contributed by atoms with Crippen molar-refractivity contribution >= 4 is 5.91 Å². The average molecular weight is 377 g/mol. The Kier molecular flexibility index (Phi) is 7.45. The molecule has 1 heterocycles. The molecule has 0 spiro atoms. The fraction of sp³-hybridized carbons (Fsp3) is 0.391. The highest BCUT2D eigenvalue weighted by Gasteiger charge is 2.20. The number of benzene rings is 2. The van der Waals surface area contributed by atoms with Crippen molar-refractivity contribution in [2.75, 3.05) is 26.2 Å². The number of hydrogen-bond acceptors (Lipinski definition) is 4. The van der Waals surface area contributed by atoms with E-state index in [-0.39, 0.29) is 11.9 Å². The lowest BCUT2D eigenvalue weighted by atomic mass is 10.0. The van der Waals surface area contributed by atoms with Crippen LogP contribution >= 0.6 is 0 Å². The molecule has 0 bridgehead atoms. The molecule has 2 aromatic rings. The zero-order chi connectivity index (χ0) is 19.6. The lowest BCUT2D eigenvalue weighted by molar-refractivity contribution is -0.121. The van der Waals surface area contributed by atoms with Gasteiger partial charge in [-0.15, -0.1) is 0 Å². The average Bonchev–Trinajstić information content (AvgIpc) is 2.73. The standard InChI is InChI=1S/C23H27N3O2/c24-18-20-9-4-5-10-22(20)28-16-6-13-26-14-11-21(12-15-26)25-23(27)17-19-7-2-1-3-8-19/h1-5,7-10,21H,6,11-17H2,(H,25,27). The molecule has 0 unspecified atom stereocenters. The second-order valence-corrected chi connectivity index (χ2v) is 7.16. The van der Waals surface area contributed by atoms with Crippen LogP contribution in [0.2, 0.25) is 0 Å². The second-order valence-electron chi connectivity index (χ2n) is 7.16. The molecule has 0 radical (unpaired) electrons. The van der Waals surface area contributed by atoms with Crippen molar-refractivity contribution in [3.05, 3.63) is 65.7 Å². The molecular weight excluding hydrogens is 350 g/mol. The van der Waals surface area contributed by atoms with E-state index in [1.54, 1.807) is 6.07 Å². The van der Waals surface area contributed by atoms with Crippen molar-refractivity contribution in [2.45, 2.75) is 31.7 Å². The maximum atomic E-state index is 12.2. The van der Waals surface area contributed by atoms with Crippen LogP contribution in [0.5, 0.6) is 5.75 Å². The predicted molar refractivity (Wildman–Crippen MR) is 109 cm³/mol. The molecule has 0 aliphatic carbocycles. The first-order valence-electron chi connectivity index (χ1n) is 9.92. The molecule has 5 heteroatoms. The maximum Gasteiger partial charge on any atom is 0.224 e. The minimum Gasteiger partial charge on any atom is -0.492 e. The van der Waals surface area contributed by atoms with Crippen LogP contribution in [0.1, 0.15) is 30.4 Å². The van der Waals surface area contributed by atoms with E-state index in [1.165, 1.54) is 0 Å². The number of para-hydroxylation sites is 1. The van der Waals surface area contributed by atoms with E-state index < -0.39 is 0 Å². The van der Waals surface area contributed by atoms with Gasteiger partial charge in [0, 0.05) is 25.7 Å². The van der Waals surface area contributed by atoms with Crippen LogP contribution in [0.25, 0.3) is 0 Å². The summed E-state index contributed by atoms with van der Waals surface area (Å²) in [7, 11) is 0. The smallest absolute Gasteiger partial charge is 0.224 e. The van der Waals surface area contributed by atoms with Crippen LogP contribution in [0.3, 0.4) is 0 Å². The van der Waals surface area contributed by atoms with Gasteiger partial charge < -0.3 is 15.0 Å². The van der Waals surface area contributed by atoms with E-state index in [9.17, 15) is 4.79 Å². The highest BCUT2D eigenvalue weighted by atomic mass is 16.5. The van der Waals surface area contributed by atoms with Gasteiger partial charge in [-0.1, -0.05) is 42.5 Å². The van der Waals surface area contributed by atoms with Gasteiger partial charge in [-0.2, -0.15) is 5.26 Å². The summed E-state index contributed by atoms with van der Waals surface area (Å²) >= 11 is 0. The number of nitrogens with one attached hydrogen (secondary N) is 1. The number of rotatable bonds is 8. The molecule has 0 atom stereocenters. The molecule has 2 aromatic carbocycles. The van der Waals surface area contributed by atoms with Crippen LogP contribution in [0.4, 0.5) is 0 Å². The number of carbonyl (C=O) groups is 1. The van der Waals surface area contributed by atoms with Gasteiger partial charge in [0.2, 0.25) is 5.91 Å². The molecule has 3 rings (SSSR count). The molecule has 5 nitrogen and oxygen atoms in total. The quantitative estimate of drug-likeness (QED) is 0.718. The minimum atomic E-state index is 0.106. The van der Waals surface area contributed by atoms with E-state index in [0.29, 0.717) is 24.3 Å². The van der Waals surface area contributed by atoms with E-state index in [2.05, 4.69) is 16.3 Å². The van der Waals surface area contributed by atoms with E-state index in [0.717, 1.165) is 44.5 Å². The third kappa shape index (κ3) is 6.11. The van der Waals surface area contributed by atoms with Gasteiger partial charge in [0.05, 0.1) is 18.6 Å². The van der Waals surface area contributed by atoms with Crippen LogP contribution < -0.4 is 10.1 Å². The SMILES string of the molecule is N#Cc1ccccc1OCCCN1CCC(NC(=O)Cc2ccccc2)CC1. The fourth-order valence-corrected chi connectivity index (χ4v) is 3.52. The molecule has 146 valence electrons. The summed E-state index contributed by atoms with van der Waals surface area (Å²) in [5.74, 6) is 0.763. The van der Waals surface area contributed by atoms with E-state index in [1.807, 2.05) is 48.5 Å². The second kappa shape index (κ2) is 10.5. The Bertz CT molecular complexity index is 793. The van der Waals surface area contributed by atoms with Gasteiger partial charge in [-0.3, -0.25) is 4.79 Å². The molecule has 1 saturated heterocycles. The number of ether oxygens (including phenoxy) is 1. The zero-order valence-electron chi connectivity index (χ0n) is 16.1. The van der Waals surface area contributed by atoms with Gasteiger partial charge >= 0.3 is 0 Å². The monoisotopic (exact) mass is 377 g/mol. The molecular formula is C23H27N3O2. The maximum absolute atomic E-state index is 12.2. The van der Waals surface area contributed by atoms with Crippen LogP contribution in [0.15, 0.2) is 54.6 Å². The normalized spacial score (nSPS) is 15.0. The molecule has 1 aliphatic rings. The number of hydrogen-bond donors (Lipinski definition) is 1. The highest BCUT2D eigenvalue weighted by molar-refractivity contribution is 5.78. The van der Waals surface area contributed by atoms with Crippen LogP contribution in [-0.2, 0) is 11.2 Å². The van der Waals surface area contributed by atoms with E-state index in [4.69, 9.17) is 10.00 Å². The third-order valence-corrected chi connectivity index (χ3v) is 5.04. The van der Waals surface area contributed by atoms with Crippen molar-refractivity contribution < 1.29 is 9.53 Å². The third-order valence-electron chi connectivity index (χ3n) is 5.04. The number of carbonyl (C=O) groups excluding carboxylic acids is 1. The summed E-state index contributed by atoms with van der Waals surface area (Å²) in [5, 5.41) is 12.2. The number of nitrogens with zero attached hydrogens (tertiary/aromatic N) is 2. The van der Waals surface area contributed by atoms with E-state index >= 15 is 0 Å². The largest absolute Gasteiger partial charge is 0.492 e. The van der Waals surface area contributed by atoms with Crippen molar-refractivity contribution in [1.29, 1.82) is 5.26 Å². The number of amides is 1. The molecule has 28 heavy (non-hydrogen) atoms. The Morgan fingerprint density at radius 3 is 2.57 bits per heavy atom. The molecule has 0 aromatic heterocycles. The van der Waals surface area contributed by atoms with Crippen LogP contribution in [0, 0.1) is 11.3 Å². The van der Waals surface area contributed by atoms with Crippen molar-refractivity contribution in [2.24, 2.45) is 0 Å². The van der Waals surface area contributed by atoms with Crippen molar-refractivity contribution in [3.8, 4) is 11.8 Å². The first-order chi connectivity index (χ1) is 13.7. The minimum absolute atomic E-state index is 0.106. The first kappa shape index (κ1) is 19.9. The van der Waals surface area contributed by atoms with Crippen LogP contribution in [-0.4, -0.2) is 43.1 Å². The topological polar surface area (TPSA) is 65.4 Å². The van der Waals surface area contributed by atoms with Gasteiger partial charge in [0.15, 0.2) is 0 Å². The number of likely N-dealkylation sites (tertiary alicyclic amines) is 1. The highest BCUT2D eigenvalue weighted by Crippen LogP contribution is 2.17. The molecule has 0 saturated carbocycles. The Labute approximate surface area is 166 Å². The van der Waals surface area contributed by atoms with Gasteiger partial charge in [-0.25, -0.2) is 0 Å².